The summed E-state index contributed by atoms with van der Waals surface area (Å²) in [5.74, 6) is -0.831. The van der Waals surface area contributed by atoms with E-state index in [0.717, 1.165) is 0 Å². The number of ketones is 1. The van der Waals surface area contributed by atoms with Crippen molar-refractivity contribution >= 4 is 5.78 Å². The first-order chi connectivity index (χ1) is 9.40. The summed E-state index contributed by atoms with van der Waals surface area (Å²) in [6.07, 6.45) is -9.54. The Morgan fingerprint density at radius 2 is 1.45 bits per heavy atom. The topological polar surface area (TPSA) is 138 Å². The van der Waals surface area contributed by atoms with Gasteiger partial charge >= 0.3 is 0 Å². The van der Waals surface area contributed by atoms with Gasteiger partial charge in [0, 0.05) is 5.56 Å². The first-order valence-electron chi connectivity index (χ1n) is 6.00. The third-order valence-corrected chi connectivity index (χ3v) is 2.93. The fourth-order valence-electron chi connectivity index (χ4n) is 1.65. The average Bonchev–Trinajstić information content (AvgIpc) is 2.51. The molecule has 0 aliphatic carbocycles. The Kier molecular flexibility index (Phi) is 6.21. The quantitative estimate of drug-likeness (QED) is 0.309. The van der Waals surface area contributed by atoms with Gasteiger partial charge in [0.05, 0.1) is 6.61 Å². The van der Waals surface area contributed by atoms with E-state index in [1.807, 2.05) is 0 Å². The predicted molar refractivity (Wildman–Crippen MR) is 67.9 cm³/mol. The lowest BCUT2D eigenvalue weighted by atomic mass is 9.94. The van der Waals surface area contributed by atoms with Gasteiger partial charge in [-0.25, -0.2) is 0 Å². The lowest BCUT2D eigenvalue weighted by Crippen LogP contribution is -2.51. The third kappa shape index (κ3) is 3.83. The van der Waals surface area contributed by atoms with Crippen LogP contribution in [-0.4, -0.2) is 73.5 Å². The Morgan fingerprint density at radius 3 is 1.95 bits per heavy atom. The predicted octanol–water partition coefficient (Wildman–Crippen LogP) is -2.33. The van der Waals surface area contributed by atoms with Gasteiger partial charge in [-0.15, -0.1) is 0 Å². The molecule has 0 aliphatic heterocycles. The third-order valence-electron chi connectivity index (χ3n) is 2.93. The Hall–Kier alpha value is -1.35. The molecule has 0 amide bonds. The molecular formula is C13H18O7. The maximum atomic E-state index is 11.8. The molecule has 0 saturated heterocycles. The molecule has 7 nitrogen and oxygen atoms in total. The lowest BCUT2D eigenvalue weighted by molar-refractivity contribution is -0.133. The van der Waals surface area contributed by atoms with Crippen molar-refractivity contribution < 1.29 is 35.4 Å². The van der Waals surface area contributed by atoms with E-state index >= 15 is 0 Å². The number of hydrogen-bond acceptors (Lipinski definition) is 7. The highest BCUT2D eigenvalue weighted by atomic mass is 16.4. The van der Waals surface area contributed by atoms with Gasteiger partial charge in [-0.3, -0.25) is 4.79 Å². The summed E-state index contributed by atoms with van der Waals surface area (Å²) >= 11 is 0. The summed E-state index contributed by atoms with van der Waals surface area (Å²) in [6.45, 7) is -0.840. The zero-order valence-corrected chi connectivity index (χ0v) is 10.6. The molecule has 7 heteroatoms. The maximum absolute atomic E-state index is 11.8. The summed E-state index contributed by atoms with van der Waals surface area (Å²) in [6, 6.07) is 7.63. The van der Waals surface area contributed by atoms with Crippen molar-refractivity contribution in [3.8, 4) is 0 Å². The van der Waals surface area contributed by atoms with E-state index in [-0.39, 0.29) is 5.56 Å². The van der Waals surface area contributed by atoms with Gasteiger partial charge in [0.1, 0.15) is 30.5 Å². The average molecular weight is 286 g/mol. The van der Waals surface area contributed by atoms with E-state index in [9.17, 15) is 25.2 Å². The number of hydrogen-bond donors (Lipinski definition) is 6. The van der Waals surface area contributed by atoms with Crippen molar-refractivity contribution in [3.63, 3.8) is 0 Å². The van der Waals surface area contributed by atoms with E-state index in [1.54, 1.807) is 18.2 Å². The fraction of sp³-hybridized carbons (Fsp3) is 0.462. The Labute approximate surface area is 115 Å². The minimum atomic E-state index is -2.00. The molecule has 1 aromatic rings. The number of aliphatic hydroxyl groups is 6. The van der Waals surface area contributed by atoms with Gasteiger partial charge in [0.2, 0.25) is 0 Å². The molecule has 5 atom stereocenters. The first-order valence-corrected chi connectivity index (χ1v) is 6.00. The second-order valence-corrected chi connectivity index (χ2v) is 4.40. The van der Waals surface area contributed by atoms with Crippen LogP contribution in [0.1, 0.15) is 10.4 Å². The van der Waals surface area contributed by atoms with Crippen LogP contribution in [0.25, 0.3) is 0 Å². The molecular weight excluding hydrogens is 268 g/mol. The van der Waals surface area contributed by atoms with Crippen LogP contribution in [0.4, 0.5) is 0 Å². The largest absolute Gasteiger partial charge is 0.394 e. The normalized spacial score (nSPS) is 18.9. The number of rotatable bonds is 7. The molecule has 1 rings (SSSR count). The number of aliphatic hydroxyl groups excluding tert-OH is 6. The molecule has 20 heavy (non-hydrogen) atoms. The zero-order valence-electron chi connectivity index (χ0n) is 10.6. The molecule has 112 valence electrons. The van der Waals surface area contributed by atoms with Gasteiger partial charge in [0.25, 0.3) is 0 Å². The van der Waals surface area contributed by atoms with Crippen molar-refractivity contribution in [2.45, 2.75) is 30.5 Å². The molecule has 6 N–H and O–H groups in total. The Morgan fingerprint density at radius 1 is 0.900 bits per heavy atom. The van der Waals surface area contributed by atoms with Crippen LogP contribution in [0, 0.1) is 0 Å². The lowest BCUT2D eigenvalue weighted by Gasteiger charge is -2.27. The number of carbonyl (C=O) groups is 1. The summed E-state index contributed by atoms with van der Waals surface area (Å²) in [4.78, 5) is 11.8. The monoisotopic (exact) mass is 286 g/mol. The smallest absolute Gasteiger partial charge is 0.194 e. The molecule has 0 radical (unpaired) electrons. The van der Waals surface area contributed by atoms with E-state index in [4.69, 9.17) is 10.2 Å². The number of carbonyl (C=O) groups excluding carboxylic acids is 1. The second-order valence-electron chi connectivity index (χ2n) is 4.40. The van der Waals surface area contributed by atoms with E-state index in [2.05, 4.69) is 0 Å². The maximum Gasteiger partial charge on any atom is 0.194 e. The summed E-state index contributed by atoms with van der Waals surface area (Å²) in [7, 11) is 0. The molecule has 0 saturated carbocycles. The molecule has 0 aromatic heterocycles. The van der Waals surface area contributed by atoms with Gasteiger partial charge in [0.15, 0.2) is 5.78 Å². The minimum absolute atomic E-state index is 0.128. The second kappa shape index (κ2) is 7.44. The first kappa shape index (κ1) is 16.7. The van der Waals surface area contributed by atoms with Gasteiger partial charge in [-0.05, 0) is 0 Å². The molecule has 0 heterocycles. The van der Waals surface area contributed by atoms with Crippen molar-refractivity contribution in [2.75, 3.05) is 6.61 Å². The van der Waals surface area contributed by atoms with Crippen LogP contribution in [-0.2, 0) is 0 Å². The molecule has 5 unspecified atom stereocenters. The van der Waals surface area contributed by atoms with Crippen LogP contribution in [0.2, 0.25) is 0 Å². The van der Waals surface area contributed by atoms with Crippen LogP contribution in [0.5, 0.6) is 0 Å². The molecule has 0 spiro atoms. The van der Waals surface area contributed by atoms with Crippen molar-refractivity contribution in [1.29, 1.82) is 0 Å². The van der Waals surface area contributed by atoms with Crippen LogP contribution < -0.4 is 0 Å². The molecule has 1 aromatic carbocycles. The number of Topliss-reactive ketones (excluding diaryl/α,β-unsaturated/α-hetero) is 1. The van der Waals surface area contributed by atoms with E-state index < -0.39 is 42.9 Å². The molecule has 0 bridgehead atoms. The molecule has 0 aliphatic rings. The van der Waals surface area contributed by atoms with Crippen molar-refractivity contribution in [1.82, 2.24) is 0 Å². The van der Waals surface area contributed by atoms with Crippen molar-refractivity contribution in [3.05, 3.63) is 35.9 Å². The number of benzene rings is 1. The van der Waals surface area contributed by atoms with Crippen LogP contribution in [0.3, 0.4) is 0 Å². The van der Waals surface area contributed by atoms with Gasteiger partial charge in [-0.2, -0.15) is 0 Å². The van der Waals surface area contributed by atoms with Gasteiger partial charge < -0.3 is 30.6 Å². The minimum Gasteiger partial charge on any atom is -0.394 e. The van der Waals surface area contributed by atoms with Crippen molar-refractivity contribution in [2.24, 2.45) is 0 Å². The van der Waals surface area contributed by atoms with Crippen LogP contribution >= 0.6 is 0 Å². The van der Waals surface area contributed by atoms with Gasteiger partial charge in [-0.1, -0.05) is 30.3 Å². The summed E-state index contributed by atoms with van der Waals surface area (Å²) in [5, 5.41) is 56.1. The van der Waals surface area contributed by atoms with E-state index in [1.165, 1.54) is 12.1 Å². The highest BCUT2D eigenvalue weighted by Crippen LogP contribution is 2.12. The Bertz CT molecular complexity index is 422. The highest BCUT2D eigenvalue weighted by molar-refractivity contribution is 5.99. The standard InChI is InChI=1S/C13H18O7/c14-6-8(15)10(17)12(19)13(20)11(18)9(16)7-4-2-1-3-5-7/h1-5,8,10-15,17-20H,6H2. The highest BCUT2D eigenvalue weighted by Gasteiger charge is 2.37. The fourth-order valence-corrected chi connectivity index (χ4v) is 1.65. The van der Waals surface area contributed by atoms with E-state index in [0.29, 0.717) is 0 Å². The summed E-state index contributed by atoms with van der Waals surface area (Å²) < 4.78 is 0. The molecule has 0 fully saturated rings. The SMILES string of the molecule is O=C(c1ccccc1)C(O)C(O)C(O)C(O)C(O)CO. The Balaban J connectivity index is 2.76. The summed E-state index contributed by atoms with van der Waals surface area (Å²) in [5.41, 5.74) is 0.128. The van der Waals surface area contributed by atoms with Crippen LogP contribution in [0.15, 0.2) is 30.3 Å². The zero-order chi connectivity index (χ0) is 15.3.